The molecule has 1 saturated heterocycles. The third-order valence-electron chi connectivity index (χ3n) is 6.56. The molecule has 2 aliphatic heterocycles. The van der Waals surface area contributed by atoms with Crippen molar-refractivity contribution in [2.24, 2.45) is 11.8 Å². The summed E-state index contributed by atoms with van der Waals surface area (Å²) in [5.74, 6) is -1.47. The van der Waals surface area contributed by atoms with Crippen LogP contribution in [0.3, 0.4) is 0 Å². The molecule has 2 aromatic heterocycles. The van der Waals surface area contributed by atoms with Crippen LogP contribution in [0.1, 0.15) is 25.0 Å². The van der Waals surface area contributed by atoms with Gasteiger partial charge in [-0.05, 0) is 30.5 Å². The van der Waals surface area contributed by atoms with Gasteiger partial charge in [0.25, 0.3) is 0 Å². The van der Waals surface area contributed by atoms with Gasteiger partial charge in [0.2, 0.25) is 11.7 Å². The molecule has 0 bridgehead atoms. The van der Waals surface area contributed by atoms with E-state index in [1.165, 1.54) is 12.1 Å². The number of piperidine rings is 1. The number of pyridine rings is 1. The lowest BCUT2D eigenvalue weighted by Gasteiger charge is -2.40. The Balaban J connectivity index is 1.29. The Labute approximate surface area is 187 Å². The highest BCUT2D eigenvalue weighted by molar-refractivity contribution is 5.91. The van der Waals surface area contributed by atoms with Crippen LogP contribution < -0.4 is 4.90 Å². The highest BCUT2D eigenvalue weighted by Gasteiger charge is 2.41. The molecule has 1 fully saturated rings. The van der Waals surface area contributed by atoms with E-state index in [4.69, 9.17) is 0 Å². The molecule has 7 nitrogen and oxygen atoms in total. The molecule has 4 heterocycles. The molecule has 0 spiro atoms. The number of carbonyl (C=O) groups excluding carboxylic acids is 1. The number of fused-ring (bicyclic) bond motifs is 2. The molecular formula is C22H22F4N6O. The summed E-state index contributed by atoms with van der Waals surface area (Å²) in [6.45, 7) is 3.52. The fourth-order valence-corrected chi connectivity index (χ4v) is 4.90. The summed E-state index contributed by atoms with van der Waals surface area (Å²) >= 11 is 0. The van der Waals surface area contributed by atoms with Crippen LogP contribution in [0.15, 0.2) is 30.5 Å². The lowest BCUT2D eigenvalue weighted by atomic mass is 9.85. The predicted octanol–water partition coefficient (Wildman–Crippen LogP) is 3.49. The van der Waals surface area contributed by atoms with E-state index in [0.29, 0.717) is 25.0 Å². The SMILES string of the molecule is CC1CN(c2ccnc3cc(F)ccc23)CCC1C(=O)N1CCn2c(nnc2C(F)(F)F)C1. The van der Waals surface area contributed by atoms with E-state index in [1.807, 2.05) is 13.0 Å². The number of nitrogens with zero attached hydrogens (tertiary/aromatic N) is 6. The van der Waals surface area contributed by atoms with Crippen LogP contribution in [0, 0.1) is 17.7 Å². The van der Waals surface area contributed by atoms with E-state index in [1.54, 1.807) is 17.2 Å². The van der Waals surface area contributed by atoms with Gasteiger partial charge in [0.1, 0.15) is 5.82 Å². The number of hydrogen-bond donors (Lipinski definition) is 0. The summed E-state index contributed by atoms with van der Waals surface area (Å²) < 4.78 is 53.8. The zero-order chi connectivity index (χ0) is 23.3. The number of aromatic nitrogens is 4. The van der Waals surface area contributed by atoms with Crippen LogP contribution in [0.5, 0.6) is 0 Å². The number of anilines is 1. The van der Waals surface area contributed by atoms with Gasteiger partial charge in [0.05, 0.1) is 12.1 Å². The third-order valence-corrected chi connectivity index (χ3v) is 6.56. The van der Waals surface area contributed by atoms with Crippen LogP contribution in [0.25, 0.3) is 10.9 Å². The highest BCUT2D eigenvalue weighted by atomic mass is 19.4. The van der Waals surface area contributed by atoms with Crippen LogP contribution in [0.2, 0.25) is 0 Å². The first kappa shape index (κ1) is 21.6. The van der Waals surface area contributed by atoms with Crippen molar-refractivity contribution in [2.75, 3.05) is 24.5 Å². The Bertz CT molecular complexity index is 1210. The lowest BCUT2D eigenvalue weighted by molar-refractivity contribution is -0.148. The molecule has 0 saturated carbocycles. The molecule has 2 atom stereocenters. The van der Waals surface area contributed by atoms with Crippen molar-refractivity contribution in [3.05, 3.63) is 47.9 Å². The predicted molar refractivity (Wildman–Crippen MR) is 112 cm³/mol. The van der Waals surface area contributed by atoms with Crippen molar-refractivity contribution in [3.63, 3.8) is 0 Å². The molecule has 11 heteroatoms. The second kappa shape index (κ2) is 7.96. The average molecular weight is 462 g/mol. The van der Waals surface area contributed by atoms with Gasteiger partial charge in [-0.25, -0.2) is 4.39 Å². The Morgan fingerprint density at radius 1 is 1.12 bits per heavy atom. The van der Waals surface area contributed by atoms with Gasteiger partial charge in [0, 0.05) is 55.4 Å². The molecule has 1 aromatic carbocycles. The summed E-state index contributed by atoms with van der Waals surface area (Å²) in [5, 5.41) is 7.80. The first-order chi connectivity index (χ1) is 15.7. The number of hydrogen-bond acceptors (Lipinski definition) is 5. The van der Waals surface area contributed by atoms with E-state index in [0.717, 1.165) is 15.6 Å². The van der Waals surface area contributed by atoms with Gasteiger partial charge in [-0.15, -0.1) is 10.2 Å². The summed E-state index contributed by atoms with van der Waals surface area (Å²) in [6.07, 6.45) is -2.30. The molecule has 2 aliphatic rings. The average Bonchev–Trinajstić information content (AvgIpc) is 3.22. The van der Waals surface area contributed by atoms with Crippen molar-refractivity contribution in [2.45, 2.75) is 32.6 Å². The highest BCUT2D eigenvalue weighted by Crippen LogP contribution is 2.34. The van der Waals surface area contributed by atoms with E-state index in [2.05, 4.69) is 20.1 Å². The van der Waals surface area contributed by atoms with Crippen molar-refractivity contribution in [3.8, 4) is 0 Å². The maximum absolute atomic E-state index is 13.6. The van der Waals surface area contributed by atoms with Crippen molar-refractivity contribution < 1.29 is 22.4 Å². The third kappa shape index (κ3) is 3.89. The molecule has 3 aromatic rings. The van der Waals surface area contributed by atoms with E-state index >= 15 is 0 Å². The quantitative estimate of drug-likeness (QED) is 0.546. The summed E-state index contributed by atoms with van der Waals surface area (Å²) in [7, 11) is 0. The Morgan fingerprint density at radius 2 is 1.94 bits per heavy atom. The molecule has 0 radical (unpaired) electrons. The van der Waals surface area contributed by atoms with E-state index in [-0.39, 0.29) is 49.0 Å². The monoisotopic (exact) mass is 462 g/mol. The number of rotatable bonds is 2. The number of benzene rings is 1. The van der Waals surface area contributed by atoms with Crippen molar-refractivity contribution >= 4 is 22.5 Å². The molecule has 5 rings (SSSR count). The fourth-order valence-electron chi connectivity index (χ4n) is 4.90. The minimum Gasteiger partial charge on any atom is -0.371 e. The molecule has 0 aliphatic carbocycles. The second-order valence-corrected chi connectivity index (χ2v) is 8.66. The normalized spacial score (nSPS) is 21.4. The minimum atomic E-state index is -4.57. The van der Waals surface area contributed by atoms with Crippen LogP contribution >= 0.6 is 0 Å². The van der Waals surface area contributed by atoms with Gasteiger partial charge in [0.15, 0.2) is 5.82 Å². The van der Waals surface area contributed by atoms with Gasteiger partial charge < -0.3 is 14.4 Å². The fraction of sp³-hybridized carbons (Fsp3) is 0.455. The lowest BCUT2D eigenvalue weighted by Crippen LogP contribution is -2.49. The van der Waals surface area contributed by atoms with Crippen LogP contribution in [-0.2, 0) is 24.1 Å². The van der Waals surface area contributed by atoms with Gasteiger partial charge in [-0.3, -0.25) is 9.78 Å². The van der Waals surface area contributed by atoms with Gasteiger partial charge in [-0.1, -0.05) is 6.92 Å². The number of carbonyl (C=O) groups is 1. The smallest absolute Gasteiger partial charge is 0.371 e. The number of amides is 1. The summed E-state index contributed by atoms with van der Waals surface area (Å²) in [5.41, 5.74) is 1.53. The molecule has 174 valence electrons. The topological polar surface area (TPSA) is 67.2 Å². The molecule has 0 N–H and O–H groups in total. The standard InChI is InChI=1S/C22H22F4N6O/c1-13-11-30(18-4-6-27-17-10-14(23)2-3-16(17)18)7-5-15(13)20(33)31-8-9-32-19(12-31)28-29-21(32)22(24,25)26/h2-4,6,10,13,15H,5,7-9,11-12H2,1H3. The van der Waals surface area contributed by atoms with Crippen LogP contribution in [-0.4, -0.2) is 50.2 Å². The minimum absolute atomic E-state index is 0.0232. The summed E-state index contributed by atoms with van der Waals surface area (Å²) in [4.78, 5) is 21.3. The zero-order valence-electron chi connectivity index (χ0n) is 17.9. The Hall–Kier alpha value is -3.24. The van der Waals surface area contributed by atoms with Gasteiger partial charge >= 0.3 is 6.18 Å². The van der Waals surface area contributed by atoms with Crippen LogP contribution in [0.4, 0.5) is 23.2 Å². The zero-order valence-corrected chi connectivity index (χ0v) is 17.9. The first-order valence-corrected chi connectivity index (χ1v) is 10.8. The maximum atomic E-state index is 13.6. The largest absolute Gasteiger partial charge is 0.451 e. The maximum Gasteiger partial charge on any atom is 0.451 e. The number of alkyl halides is 3. The van der Waals surface area contributed by atoms with Crippen molar-refractivity contribution in [1.82, 2.24) is 24.6 Å². The van der Waals surface area contributed by atoms with Crippen molar-refractivity contribution in [1.29, 1.82) is 0 Å². The first-order valence-electron chi connectivity index (χ1n) is 10.8. The second-order valence-electron chi connectivity index (χ2n) is 8.66. The molecule has 2 unspecified atom stereocenters. The molecule has 33 heavy (non-hydrogen) atoms. The Kier molecular flexibility index (Phi) is 5.21. The molecular weight excluding hydrogens is 440 g/mol. The summed E-state index contributed by atoms with van der Waals surface area (Å²) in [6, 6.07) is 6.42. The molecule has 1 amide bonds. The van der Waals surface area contributed by atoms with E-state index in [9.17, 15) is 22.4 Å². The number of halogens is 4. The van der Waals surface area contributed by atoms with E-state index < -0.39 is 12.0 Å². The Morgan fingerprint density at radius 3 is 2.70 bits per heavy atom. The van der Waals surface area contributed by atoms with Gasteiger partial charge in [-0.2, -0.15) is 13.2 Å².